The number of hydrogen-bond donors (Lipinski definition) is 4. The average Bonchev–Trinajstić information content (AvgIpc) is 3.68. The van der Waals surface area contributed by atoms with Crippen LogP contribution in [0.2, 0.25) is 0 Å². The Labute approximate surface area is 276 Å². The van der Waals surface area contributed by atoms with Crippen molar-refractivity contribution in [2.24, 2.45) is 23.2 Å². The van der Waals surface area contributed by atoms with Gasteiger partial charge in [-0.25, -0.2) is 10.1 Å². The van der Waals surface area contributed by atoms with Crippen molar-refractivity contribution in [1.29, 1.82) is 0 Å². The smallest absolute Gasteiger partial charge is 0.404 e. The fraction of sp³-hybridized carbons (Fsp3) is 0.939. The zero-order valence-corrected chi connectivity index (χ0v) is 29.3. The molecule has 5 fully saturated rings. The minimum absolute atomic E-state index is 0.0218. The number of nitrogens with one attached hydrogen (secondary N) is 4. The lowest BCUT2D eigenvalue weighted by Crippen LogP contribution is -2.65. The number of rotatable bonds is 22. The maximum absolute atomic E-state index is 13.8. The molecule has 0 aromatic heterocycles. The molecule has 0 radical (unpaired) electrons. The van der Waals surface area contributed by atoms with Crippen molar-refractivity contribution in [3.05, 3.63) is 10.1 Å². The molecule has 7 atom stereocenters. The third-order valence-electron chi connectivity index (χ3n) is 11.1. The summed E-state index contributed by atoms with van der Waals surface area (Å²) in [6, 6.07) is -0.715. The molecular formula is C33H61BN6O6. The summed E-state index contributed by atoms with van der Waals surface area (Å²) in [4.78, 5) is 37.7. The Balaban J connectivity index is 1.30. The van der Waals surface area contributed by atoms with E-state index in [9.17, 15) is 19.7 Å². The summed E-state index contributed by atoms with van der Waals surface area (Å²) in [6.07, 6.45) is 14.2. The van der Waals surface area contributed by atoms with Crippen LogP contribution >= 0.6 is 0 Å². The lowest BCUT2D eigenvalue weighted by Gasteiger charge is -2.64. The minimum Gasteiger partial charge on any atom is -0.404 e. The number of nitrogens with zero attached hydrogens (tertiary/aromatic N) is 2. The largest absolute Gasteiger partial charge is 0.481 e. The van der Waals surface area contributed by atoms with Crippen LogP contribution in [0.15, 0.2) is 0 Å². The Morgan fingerprint density at radius 2 is 1.70 bits per heavy atom. The Morgan fingerprint density at radius 1 is 1.02 bits per heavy atom. The van der Waals surface area contributed by atoms with Gasteiger partial charge in [0.25, 0.3) is 0 Å². The fourth-order valence-electron chi connectivity index (χ4n) is 8.14. The number of hydrogen-bond acceptors (Lipinski definition) is 8. The Morgan fingerprint density at radius 3 is 2.30 bits per heavy atom. The standard InChI is InChI=1S/C33H61BN6O6/c1-7-8-9-10-11-12-13-14-15-18-29(41)36-25(17-16-19-35-31-38-39(31)40(43)44)30(42)37-28(20-23(2)3)34-45-27-22-24-21-26(32(24,4)5)33(27,6)46-34/h23-28,31,35,38H,7-22H2,1-6H3,(H,36,41)(H,37,42)/t24-,25-,26-,27+,28-,31?,33-,39?/m0/s1. The first kappa shape index (κ1) is 36.9. The van der Waals surface area contributed by atoms with Crippen molar-refractivity contribution in [1.82, 2.24) is 26.5 Å². The number of unbranched alkanes of at least 4 members (excludes halogenated alkanes) is 8. The summed E-state index contributed by atoms with van der Waals surface area (Å²) < 4.78 is 13.3. The van der Waals surface area contributed by atoms with E-state index >= 15 is 0 Å². The van der Waals surface area contributed by atoms with Gasteiger partial charge in [-0.15, -0.1) is 5.43 Å². The van der Waals surface area contributed by atoms with E-state index in [-0.39, 0.29) is 34.9 Å². The molecule has 262 valence electrons. The second-order valence-corrected chi connectivity index (χ2v) is 15.5. The molecular weight excluding hydrogens is 587 g/mol. The first-order valence-corrected chi connectivity index (χ1v) is 18.2. The monoisotopic (exact) mass is 648 g/mol. The van der Waals surface area contributed by atoms with Crippen LogP contribution in [-0.4, -0.2) is 65.6 Å². The molecule has 12 nitrogen and oxygen atoms in total. The van der Waals surface area contributed by atoms with Crippen LogP contribution in [0.5, 0.6) is 0 Å². The van der Waals surface area contributed by atoms with Crippen molar-refractivity contribution in [3.63, 3.8) is 0 Å². The van der Waals surface area contributed by atoms with E-state index in [0.717, 1.165) is 37.2 Å². The molecule has 0 spiro atoms. The summed E-state index contributed by atoms with van der Waals surface area (Å²) in [5, 5.41) is 20.5. The lowest BCUT2D eigenvalue weighted by atomic mass is 9.43. The number of carbonyl (C=O) groups excluding carboxylic acids is 2. The normalized spacial score (nSPS) is 28.8. The highest BCUT2D eigenvalue weighted by atomic mass is 16.7. The van der Waals surface area contributed by atoms with Gasteiger partial charge in [-0.3, -0.25) is 14.9 Å². The van der Waals surface area contributed by atoms with Gasteiger partial charge in [0.05, 0.1) is 17.6 Å². The summed E-state index contributed by atoms with van der Waals surface area (Å²) >= 11 is 0. The fourth-order valence-corrected chi connectivity index (χ4v) is 8.14. The minimum atomic E-state index is -0.715. The summed E-state index contributed by atoms with van der Waals surface area (Å²) in [5.74, 6) is 0.676. The molecule has 5 rings (SSSR count). The molecule has 2 heterocycles. The van der Waals surface area contributed by atoms with Gasteiger partial charge in [-0.2, -0.15) is 0 Å². The Kier molecular flexibility index (Phi) is 13.2. The molecule has 2 saturated heterocycles. The van der Waals surface area contributed by atoms with Gasteiger partial charge in [-0.05, 0) is 80.3 Å². The van der Waals surface area contributed by atoms with Crippen LogP contribution in [0, 0.1) is 33.3 Å². The molecule has 4 N–H and O–H groups in total. The van der Waals surface area contributed by atoms with E-state index in [0.29, 0.717) is 50.0 Å². The van der Waals surface area contributed by atoms with Crippen LogP contribution in [-0.2, 0) is 18.9 Å². The Bertz CT molecular complexity index is 1030. The molecule has 0 aromatic rings. The molecule has 5 aliphatic rings. The highest BCUT2D eigenvalue weighted by Gasteiger charge is 2.68. The molecule has 46 heavy (non-hydrogen) atoms. The van der Waals surface area contributed by atoms with Crippen molar-refractivity contribution in [3.8, 4) is 0 Å². The van der Waals surface area contributed by atoms with Crippen LogP contribution in [0.4, 0.5) is 0 Å². The summed E-state index contributed by atoms with van der Waals surface area (Å²) in [6.45, 7) is 13.8. The zero-order valence-electron chi connectivity index (χ0n) is 29.3. The second kappa shape index (κ2) is 16.4. The van der Waals surface area contributed by atoms with E-state index in [1.807, 2.05) is 0 Å². The van der Waals surface area contributed by atoms with E-state index in [2.05, 4.69) is 62.9 Å². The highest BCUT2D eigenvalue weighted by molar-refractivity contribution is 6.48. The zero-order chi connectivity index (χ0) is 33.5. The van der Waals surface area contributed by atoms with Crippen molar-refractivity contribution >= 4 is 18.9 Å². The average molecular weight is 649 g/mol. The number of hydrazine groups is 2. The maximum atomic E-state index is 13.8. The molecule has 2 aliphatic heterocycles. The van der Waals surface area contributed by atoms with Crippen molar-refractivity contribution in [2.75, 3.05) is 6.54 Å². The van der Waals surface area contributed by atoms with Gasteiger partial charge in [0.2, 0.25) is 18.1 Å². The number of carbonyl (C=O) groups is 2. The van der Waals surface area contributed by atoms with E-state index in [1.165, 1.54) is 38.5 Å². The van der Waals surface area contributed by atoms with Gasteiger partial charge in [-0.1, -0.05) is 86.0 Å². The summed E-state index contributed by atoms with van der Waals surface area (Å²) in [5.41, 5.74) is 2.48. The molecule has 2 amide bonds. The predicted molar refractivity (Wildman–Crippen MR) is 178 cm³/mol. The van der Waals surface area contributed by atoms with Crippen molar-refractivity contribution in [2.45, 2.75) is 168 Å². The van der Waals surface area contributed by atoms with E-state index in [1.54, 1.807) is 0 Å². The molecule has 13 heteroatoms. The third-order valence-corrected chi connectivity index (χ3v) is 11.1. The molecule has 2 bridgehead atoms. The molecule has 1 unspecified atom stereocenters. The second-order valence-electron chi connectivity index (χ2n) is 15.5. The molecule has 3 saturated carbocycles. The topological polar surface area (TPSA) is 157 Å². The highest BCUT2D eigenvalue weighted by Crippen LogP contribution is 2.65. The number of amides is 2. The van der Waals surface area contributed by atoms with Crippen LogP contribution in [0.1, 0.15) is 138 Å². The van der Waals surface area contributed by atoms with Crippen LogP contribution in [0.3, 0.4) is 0 Å². The quantitative estimate of drug-likeness (QED) is 0.0423. The first-order valence-electron chi connectivity index (χ1n) is 18.2. The van der Waals surface area contributed by atoms with Gasteiger partial charge < -0.3 is 19.9 Å². The van der Waals surface area contributed by atoms with Gasteiger partial charge in [0.1, 0.15) is 6.04 Å². The predicted octanol–water partition coefficient (Wildman–Crippen LogP) is 4.86. The summed E-state index contributed by atoms with van der Waals surface area (Å²) in [7, 11) is -0.537. The molecule has 0 aromatic carbocycles. The van der Waals surface area contributed by atoms with E-state index < -0.39 is 24.5 Å². The molecule has 3 aliphatic carbocycles. The first-order chi connectivity index (χ1) is 21.9. The SMILES string of the molecule is CCCCCCCCCCCC(=O)N[C@@H](CCCNC1NN1[N+](=O)[O-])C(=O)N[C@@H](CC(C)C)B1O[C@@H]2C[C@@H]3C[C@@H](C3(C)C)[C@]2(C)O1. The lowest BCUT2D eigenvalue weighted by molar-refractivity contribution is -0.627. The van der Waals surface area contributed by atoms with E-state index in [4.69, 9.17) is 9.31 Å². The van der Waals surface area contributed by atoms with Crippen molar-refractivity contribution < 1.29 is 23.9 Å². The van der Waals surface area contributed by atoms with Crippen LogP contribution < -0.4 is 21.4 Å². The third kappa shape index (κ3) is 9.35. The van der Waals surface area contributed by atoms with Crippen LogP contribution in [0.25, 0.3) is 0 Å². The maximum Gasteiger partial charge on any atom is 0.481 e. The van der Waals surface area contributed by atoms with Gasteiger partial charge >= 0.3 is 7.12 Å². The van der Waals surface area contributed by atoms with Gasteiger partial charge in [0.15, 0.2) is 5.03 Å². The number of nitro groups is 1. The van der Waals surface area contributed by atoms with Gasteiger partial charge in [0, 0.05) is 6.42 Å². The Hall–Kier alpha value is -1.96.